The van der Waals surface area contributed by atoms with Crippen LogP contribution in [0.15, 0.2) is 42.5 Å². The maximum atomic E-state index is 13.7. The van der Waals surface area contributed by atoms with Crippen LogP contribution in [0, 0.1) is 5.41 Å². The zero-order chi connectivity index (χ0) is 21.1. The SMILES string of the molecule is CCC(c1ccc(N)cc1)[C@](C)(CC)C(=O)N(C(C)=O)c1cc(Cl)cc(Cl)c1. The Morgan fingerprint density at radius 1 is 1.07 bits per heavy atom. The van der Waals surface area contributed by atoms with Gasteiger partial charge in [0.15, 0.2) is 0 Å². The van der Waals surface area contributed by atoms with Crippen molar-refractivity contribution < 1.29 is 9.59 Å². The van der Waals surface area contributed by atoms with Gasteiger partial charge in [-0.05, 0) is 54.7 Å². The topological polar surface area (TPSA) is 63.4 Å². The summed E-state index contributed by atoms with van der Waals surface area (Å²) in [5.41, 5.74) is 7.08. The average molecular weight is 421 g/mol. The first-order valence-corrected chi connectivity index (χ1v) is 10.1. The molecule has 2 aromatic rings. The van der Waals surface area contributed by atoms with E-state index < -0.39 is 5.41 Å². The Labute approximate surface area is 176 Å². The number of rotatable bonds is 6. The molecule has 0 bridgehead atoms. The van der Waals surface area contributed by atoms with Gasteiger partial charge in [-0.1, -0.05) is 56.1 Å². The van der Waals surface area contributed by atoms with E-state index in [0.717, 1.165) is 12.0 Å². The van der Waals surface area contributed by atoms with Gasteiger partial charge in [0.05, 0.1) is 11.1 Å². The molecule has 150 valence electrons. The van der Waals surface area contributed by atoms with Crippen molar-refractivity contribution in [3.63, 3.8) is 0 Å². The highest BCUT2D eigenvalue weighted by atomic mass is 35.5. The predicted octanol–water partition coefficient (Wildman–Crippen LogP) is 6.07. The van der Waals surface area contributed by atoms with E-state index in [0.29, 0.717) is 27.8 Å². The van der Waals surface area contributed by atoms with Crippen molar-refractivity contribution in [2.45, 2.75) is 46.5 Å². The number of anilines is 2. The van der Waals surface area contributed by atoms with Crippen molar-refractivity contribution in [1.29, 1.82) is 0 Å². The molecule has 4 nitrogen and oxygen atoms in total. The van der Waals surface area contributed by atoms with Gasteiger partial charge in [0, 0.05) is 22.7 Å². The first-order valence-electron chi connectivity index (χ1n) is 9.30. The lowest BCUT2D eigenvalue weighted by Crippen LogP contribution is -2.47. The second-order valence-corrected chi connectivity index (χ2v) is 8.06. The van der Waals surface area contributed by atoms with Crippen molar-refractivity contribution >= 4 is 46.4 Å². The molecule has 0 spiro atoms. The summed E-state index contributed by atoms with van der Waals surface area (Å²) < 4.78 is 0. The summed E-state index contributed by atoms with van der Waals surface area (Å²) in [4.78, 5) is 27.3. The molecule has 0 aliphatic rings. The summed E-state index contributed by atoms with van der Waals surface area (Å²) in [5, 5.41) is 0.732. The standard InChI is InChI=1S/C22H26Cl2N2O2/c1-5-20(15-7-9-18(25)10-8-15)22(4,6-2)21(28)26(14(3)27)19-12-16(23)11-17(24)13-19/h7-13,20H,5-6,25H2,1-4H3/t20?,22-/m0/s1. The van der Waals surface area contributed by atoms with E-state index in [1.165, 1.54) is 11.8 Å². The van der Waals surface area contributed by atoms with E-state index in [4.69, 9.17) is 28.9 Å². The zero-order valence-corrected chi connectivity index (χ0v) is 18.1. The van der Waals surface area contributed by atoms with E-state index in [2.05, 4.69) is 0 Å². The normalized spacial score (nSPS) is 14.2. The van der Waals surface area contributed by atoms with Crippen LogP contribution in [-0.2, 0) is 9.59 Å². The number of carbonyl (C=O) groups is 2. The van der Waals surface area contributed by atoms with Crippen LogP contribution in [0.2, 0.25) is 10.0 Å². The van der Waals surface area contributed by atoms with Gasteiger partial charge in [-0.3, -0.25) is 14.5 Å². The fraction of sp³-hybridized carbons (Fsp3) is 0.364. The summed E-state index contributed by atoms with van der Waals surface area (Å²) in [6, 6.07) is 12.3. The molecule has 2 atom stereocenters. The quantitative estimate of drug-likeness (QED) is 0.576. The van der Waals surface area contributed by atoms with Crippen LogP contribution in [0.25, 0.3) is 0 Å². The predicted molar refractivity (Wildman–Crippen MR) is 117 cm³/mol. The fourth-order valence-electron chi connectivity index (χ4n) is 3.69. The van der Waals surface area contributed by atoms with Crippen LogP contribution in [0.4, 0.5) is 11.4 Å². The average Bonchev–Trinajstić information content (AvgIpc) is 2.62. The molecule has 0 fully saturated rings. The minimum atomic E-state index is -0.800. The van der Waals surface area contributed by atoms with Gasteiger partial charge >= 0.3 is 0 Å². The Morgan fingerprint density at radius 3 is 2.04 bits per heavy atom. The number of imide groups is 1. The molecule has 6 heteroatoms. The molecule has 0 heterocycles. The zero-order valence-electron chi connectivity index (χ0n) is 16.6. The van der Waals surface area contributed by atoms with Gasteiger partial charge in [0.2, 0.25) is 11.8 Å². The van der Waals surface area contributed by atoms with Crippen LogP contribution < -0.4 is 10.6 Å². The molecule has 1 unspecified atom stereocenters. The first-order chi connectivity index (χ1) is 13.1. The lowest BCUT2D eigenvalue weighted by Gasteiger charge is -2.39. The number of hydrogen-bond donors (Lipinski definition) is 1. The number of nitrogens with zero attached hydrogens (tertiary/aromatic N) is 1. The summed E-state index contributed by atoms with van der Waals surface area (Å²) in [5.74, 6) is -0.734. The van der Waals surface area contributed by atoms with E-state index in [-0.39, 0.29) is 17.7 Å². The highest BCUT2D eigenvalue weighted by Crippen LogP contribution is 2.44. The number of amides is 2. The molecular weight excluding hydrogens is 395 g/mol. The van der Waals surface area contributed by atoms with E-state index in [1.54, 1.807) is 18.2 Å². The van der Waals surface area contributed by atoms with Gasteiger partial charge in [-0.15, -0.1) is 0 Å². The molecule has 0 radical (unpaired) electrons. The number of nitrogen functional groups attached to an aromatic ring is 1. The molecule has 0 aromatic heterocycles. The van der Waals surface area contributed by atoms with Gasteiger partial charge in [0.25, 0.3) is 0 Å². The highest BCUT2D eigenvalue weighted by molar-refractivity contribution is 6.35. The van der Waals surface area contributed by atoms with Gasteiger partial charge < -0.3 is 5.73 Å². The molecule has 2 N–H and O–H groups in total. The van der Waals surface area contributed by atoms with E-state index >= 15 is 0 Å². The largest absolute Gasteiger partial charge is 0.399 e. The summed E-state index contributed by atoms with van der Waals surface area (Å²) >= 11 is 12.2. The number of carbonyl (C=O) groups excluding carboxylic acids is 2. The van der Waals surface area contributed by atoms with E-state index in [9.17, 15) is 9.59 Å². The molecule has 28 heavy (non-hydrogen) atoms. The van der Waals surface area contributed by atoms with Crippen molar-refractivity contribution in [2.75, 3.05) is 10.6 Å². The van der Waals surface area contributed by atoms with Crippen LogP contribution in [0.1, 0.15) is 52.0 Å². The summed E-state index contributed by atoms with van der Waals surface area (Å²) in [6.45, 7) is 7.27. The van der Waals surface area contributed by atoms with Crippen LogP contribution in [0.5, 0.6) is 0 Å². The van der Waals surface area contributed by atoms with Crippen molar-refractivity contribution in [3.8, 4) is 0 Å². The van der Waals surface area contributed by atoms with Crippen LogP contribution in [-0.4, -0.2) is 11.8 Å². The summed E-state index contributed by atoms with van der Waals surface area (Å²) in [6.07, 6.45) is 1.30. The molecule has 0 saturated heterocycles. The van der Waals surface area contributed by atoms with Gasteiger partial charge in [0.1, 0.15) is 0 Å². The number of halogens is 2. The molecule has 2 amide bonds. The van der Waals surface area contributed by atoms with Crippen molar-refractivity contribution in [1.82, 2.24) is 0 Å². The number of benzene rings is 2. The fourth-order valence-corrected chi connectivity index (χ4v) is 4.21. The molecular formula is C22H26Cl2N2O2. The highest BCUT2D eigenvalue weighted by Gasteiger charge is 2.43. The molecule has 2 aromatic carbocycles. The lowest BCUT2D eigenvalue weighted by molar-refractivity contribution is -0.133. The second kappa shape index (κ2) is 8.97. The third-order valence-corrected chi connectivity index (χ3v) is 5.80. The first kappa shape index (κ1) is 22.3. The van der Waals surface area contributed by atoms with Gasteiger partial charge in [-0.25, -0.2) is 0 Å². The Morgan fingerprint density at radius 2 is 1.61 bits per heavy atom. The molecule has 0 saturated carbocycles. The minimum absolute atomic E-state index is 0.0814. The smallest absolute Gasteiger partial charge is 0.240 e. The minimum Gasteiger partial charge on any atom is -0.399 e. The van der Waals surface area contributed by atoms with Gasteiger partial charge in [-0.2, -0.15) is 0 Å². The van der Waals surface area contributed by atoms with Crippen LogP contribution >= 0.6 is 23.2 Å². The number of hydrogen-bond acceptors (Lipinski definition) is 3. The Kier molecular flexibility index (Phi) is 7.13. The summed E-state index contributed by atoms with van der Waals surface area (Å²) in [7, 11) is 0. The van der Waals surface area contributed by atoms with Crippen molar-refractivity contribution in [3.05, 3.63) is 58.1 Å². The third-order valence-electron chi connectivity index (χ3n) is 5.36. The molecule has 2 rings (SSSR count). The Bertz CT molecular complexity index is 847. The Hall–Kier alpha value is -2.04. The Balaban J connectivity index is 2.54. The number of nitrogens with two attached hydrogens (primary N) is 1. The third kappa shape index (κ3) is 4.50. The second-order valence-electron chi connectivity index (χ2n) is 7.19. The molecule has 0 aliphatic heterocycles. The maximum absolute atomic E-state index is 13.7. The van der Waals surface area contributed by atoms with E-state index in [1.807, 2.05) is 45.0 Å². The maximum Gasteiger partial charge on any atom is 0.240 e. The lowest BCUT2D eigenvalue weighted by atomic mass is 9.69. The molecule has 0 aliphatic carbocycles. The van der Waals surface area contributed by atoms with Crippen LogP contribution in [0.3, 0.4) is 0 Å². The monoisotopic (exact) mass is 420 g/mol. The van der Waals surface area contributed by atoms with Crippen molar-refractivity contribution in [2.24, 2.45) is 5.41 Å².